The number of carbonyl (C=O) groups excluding carboxylic acids is 2. The molecule has 0 aliphatic carbocycles. The third kappa shape index (κ3) is 7.17. The topological polar surface area (TPSA) is 89.5 Å². The summed E-state index contributed by atoms with van der Waals surface area (Å²) in [6, 6.07) is 0. The molecule has 3 unspecified atom stereocenters. The standard InChI is InChI=1S/C14H26O8/c1-9(15)21-11(7-17-3)13(19-5)14(20-6)12(8-18-4)22-10(2)16/h11-14H,7-8H2,1-6H3/t11?,12?,13-,14?/m0/s1. The zero-order valence-corrected chi connectivity index (χ0v) is 14.0. The highest BCUT2D eigenvalue weighted by Gasteiger charge is 2.39. The molecular formula is C14H26O8. The lowest BCUT2D eigenvalue weighted by molar-refractivity contribution is -0.190. The van der Waals surface area contributed by atoms with Gasteiger partial charge in [0.15, 0.2) is 12.2 Å². The maximum absolute atomic E-state index is 11.2. The van der Waals surface area contributed by atoms with Crippen LogP contribution in [0.2, 0.25) is 0 Å². The summed E-state index contributed by atoms with van der Waals surface area (Å²) < 4.78 is 31.3. The van der Waals surface area contributed by atoms with Crippen molar-refractivity contribution in [2.45, 2.75) is 38.3 Å². The monoisotopic (exact) mass is 322 g/mol. The summed E-state index contributed by atoms with van der Waals surface area (Å²) in [6.07, 6.45) is -2.83. The molecule has 0 radical (unpaired) electrons. The van der Waals surface area contributed by atoms with Crippen molar-refractivity contribution in [2.24, 2.45) is 0 Å². The Kier molecular flexibility index (Phi) is 10.7. The summed E-state index contributed by atoms with van der Waals surface area (Å²) in [6.45, 7) is 2.79. The molecule has 0 N–H and O–H groups in total. The van der Waals surface area contributed by atoms with Crippen molar-refractivity contribution in [3.63, 3.8) is 0 Å². The van der Waals surface area contributed by atoms with Crippen molar-refractivity contribution in [3.05, 3.63) is 0 Å². The van der Waals surface area contributed by atoms with Crippen LogP contribution in [0.5, 0.6) is 0 Å². The Labute approximate surface area is 130 Å². The van der Waals surface area contributed by atoms with E-state index in [0.29, 0.717) is 0 Å². The van der Waals surface area contributed by atoms with Crippen LogP contribution < -0.4 is 0 Å². The van der Waals surface area contributed by atoms with Crippen LogP contribution in [0.25, 0.3) is 0 Å². The molecule has 0 aromatic carbocycles. The lowest BCUT2D eigenvalue weighted by Gasteiger charge is -2.34. The summed E-state index contributed by atoms with van der Waals surface area (Å²) in [5.41, 5.74) is 0. The molecule has 4 atom stereocenters. The van der Waals surface area contributed by atoms with Gasteiger partial charge in [-0.2, -0.15) is 0 Å². The molecule has 0 aromatic rings. The summed E-state index contributed by atoms with van der Waals surface area (Å²) in [5.74, 6) is -0.954. The first-order chi connectivity index (χ1) is 10.4. The summed E-state index contributed by atoms with van der Waals surface area (Å²) in [4.78, 5) is 22.5. The van der Waals surface area contributed by atoms with E-state index < -0.39 is 36.4 Å². The predicted molar refractivity (Wildman–Crippen MR) is 76.5 cm³/mol. The van der Waals surface area contributed by atoms with E-state index in [9.17, 15) is 9.59 Å². The summed E-state index contributed by atoms with van der Waals surface area (Å²) in [7, 11) is 5.84. The van der Waals surface area contributed by atoms with Crippen molar-refractivity contribution in [1.82, 2.24) is 0 Å². The Hall–Kier alpha value is -1.22. The maximum Gasteiger partial charge on any atom is 0.303 e. The van der Waals surface area contributed by atoms with Gasteiger partial charge in [0.1, 0.15) is 12.2 Å². The van der Waals surface area contributed by atoms with Crippen LogP contribution in [0.3, 0.4) is 0 Å². The van der Waals surface area contributed by atoms with Crippen LogP contribution in [0.4, 0.5) is 0 Å². The molecule has 8 heteroatoms. The van der Waals surface area contributed by atoms with Gasteiger partial charge < -0.3 is 28.4 Å². The number of carbonyl (C=O) groups is 2. The fourth-order valence-corrected chi connectivity index (χ4v) is 2.14. The molecule has 0 amide bonds. The van der Waals surface area contributed by atoms with Gasteiger partial charge in [-0.1, -0.05) is 0 Å². The van der Waals surface area contributed by atoms with E-state index in [1.54, 1.807) is 0 Å². The van der Waals surface area contributed by atoms with Crippen LogP contribution >= 0.6 is 0 Å². The Morgan fingerprint density at radius 3 is 1.23 bits per heavy atom. The van der Waals surface area contributed by atoms with E-state index >= 15 is 0 Å². The summed E-state index contributed by atoms with van der Waals surface area (Å²) >= 11 is 0. The SMILES string of the molecule is COCC(OC(C)=O)C(OC)[C@@H](OC)C(COC)OC(C)=O. The molecule has 0 saturated carbocycles. The smallest absolute Gasteiger partial charge is 0.303 e. The van der Waals surface area contributed by atoms with Gasteiger partial charge >= 0.3 is 11.9 Å². The lowest BCUT2D eigenvalue weighted by atomic mass is 10.0. The fraction of sp³-hybridized carbons (Fsp3) is 0.857. The van der Waals surface area contributed by atoms with Crippen LogP contribution in [-0.4, -0.2) is 78.0 Å². The fourth-order valence-electron chi connectivity index (χ4n) is 2.14. The van der Waals surface area contributed by atoms with E-state index in [1.165, 1.54) is 42.3 Å². The second-order valence-corrected chi connectivity index (χ2v) is 4.61. The molecule has 130 valence electrons. The van der Waals surface area contributed by atoms with Crippen molar-refractivity contribution in [1.29, 1.82) is 0 Å². The quantitative estimate of drug-likeness (QED) is 0.497. The number of methoxy groups -OCH3 is 4. The number of ether oxygens (including phenoxy) is 6. The van der Waals surface area contributed by atoms with E-state index in [4.69, 9.17) is 28.4 Å². The van der Waals surface area contributed by atoms with Gasteiger partial charge in [0, 0.05) is 42.3 Å². The zero-order valence-electron chi connectivity index (χ0n) is 14.0. The van der Waals surface area contributed by atoms with Gasteiger partial charge in [-0.15, -0.1) is 0 Å². The molecule has 0 heterocycles. The van der Waals surface area contributed by atoms with Gasteiger partial charge in [-0.25, -0.2) is 0 Å². The zero-order chi connectivity index (χ0) is 17.1. The average molecular weight is 322 g/mol. The first-order valence-corrected chi connectivity index (χ1v) is 6.79. The highest BCUT2D eigenvalue weighted by molar-refractivity contribution is 5.66. The van der Waals surface area contributed by atoms with Crippen molar-refractivity contribution >= 4 is 11.9 Å². The van der Waals surface area contributed by atoms with Gasteiger partial charge in [-0.3, -0.25) is 9.59 Å². The van der Waals surface area contributed by atoms with E-state index in [-0.39, 0.29) is 13.2 Å². The Morgan fingerprint density at radius 1 is 0.727 bits per heavy atom. The molecule has 0 spiro atoms. The van der Waals surface area contributed by atoms with Gasteiger partial charge in [0.05, 0.1) is 13.2 Å². The largest absolute Gasteiger partial charge is 0.457 e. The number of hydrogen-bond donors (Lipinski definition) is 0. The third-order valence-electron chi connectivity index (χ3n) is 2.90. The Bertz CT molecular complexity index is 301. The lowest BCUT2D eigenvalue weighted by Crippen LogP contribution is -2.52. The minimum atomic E-state index is -0.715. The van der Waals surface area contributed by atoms with Crippen LogP contribution in [0.1, 0.15) is 13.8 Å². The first-order valence-electron chi connectivity index (χ1n) is 6.79. The van der Waals surface area contributed by atoms with Gasteiger partial charge in [0.2, 0.25) is 0 Å². The van der Waals surface area contributed by atoms with Gasteiger partial charge in [-0.05, 0) is 0 Å². The van der Waals surface area contributed by atoms with Crippen LogP contribution in [0.15, 0.2) is 0 Å². The normalized spacial score (nSPS) is 16.5. The van der Waals surface area contributed by atoms with Crippen molar-refractivity contribution in [3.8, 4) is 0 Å². The number of hydrogen-bond acceptors (Lipinski definition) is 8. The molecule has 0 fully saturated rings. The highest BCUT2D eigenvalue weighted by Crippen LogP contribution is 2.18. The first kappa shape index (κ1) is 20.8. The number of rotatable bonds is 11. The van der Waals surface area contributed by atoms with Gasteiger partial charge in [0.25, 0.3) is 0 Å². The molecular weight excluding hydrogens is 296 g/mol. The van der Waals surface area contributed by atoms with Crippen LogP contribution in [0, 0.1) is 0 Å². The molecule has 8 nitrogen and oxygen atoms in total. The van der Waals surface area contributed by atoms with Crippen molar-refractivity contribution in [2.75, 3.05) is 41.7 Å². The molecule has 0 aromatic heterocycles. The molecule has 22 heavy (non-hydrogen) atoms. The summed E-state index contributed by atoms with van der Waals surface area (Å²) in [5, 5.41) is 0. The van der Waals surface area contributed by atoms with E-state index in [0.717, 1.165) is 0 Å². The third-order valence-corrected chi connectivity index (χ3v) is 2.90. The highest BCUT2D eigenvalue weighted by atomic mass is 16.6. The second-order valence-electron chi connectivity index (χ2n) is 4.61. The average Bonchev–Trinajstić information content (AvgIpc) is 2.42. The molecule has 0 saturated heterocycles. The second kappa shape index (κ2) is 11.4. The van der Waals surface area contributed by atoms with Crippen LogP contribution in [-0.2, 0) is 38.0 Å². The minimum Gasteiger partial charge on any atom is -0.457 e. The molecule has 0 bridgehead atoms. The van der Waals surface area contributed by atoms with E-state index in [2.05, 4.69) is 0 Å². The number of esters is 2. The van der Waals surface area contributed by atoms with E-state index in [1.807, 2.05) is 0 Å². The maximum atomic E-state index is 11.2. The molecule has 0 aliphatic heterocycles. The predicted octanol–water partition coefficient (Wildman–Crippen LogP) is 0.173. The molecule has 0 aliphatic rings. The Balaban J connectivity index is 5.27. The molecule has 0 rings (SSSR count). The minimum absolute atomic E-state index is 0.109. The Morgan fingerprint density at radius 2 is 1.05 bits per heavy atom. The van der Waals surface area contributed by atoms with Crippen molar-refractivity contribution < 1.29 is 38.0 Å².